The fourth-order valence-electron chi connectivity index (χ4n) is 2.01. The second kappa shape index (κ2) is 4.47. The maximum absolute atomic E-state index is 11.9. The molecule has 5 nitrogen and oxygen atoms in total. The molecule has 1 saturated heterocycles. The van der Waals surface area contributed by atoms with Crippen LogP contribution in [0.4, 0.5) is 0 Å². The third-order valence-electron chi connectivity index (χ3n) is 3.12. The standard InChI is InChI=1S/C10H18N2O3/c13-5-8(6-14)12-4-3-9(10(12)15)11-7-1-2-7/h7-9,11,13-14H,1-6H2. The number of nitrogens with zero attached hydrogens (tertiary/aromatic N) is 1. The summed E-state index contributed by atoms with van der Waals surface area (Å²) in [5, 5.41) is 21.3. The van der Waals surface area contributed by atoms with Gasteiger partial charge in [-0.25, -0.2) is 0 Å². The average Bonchev–Trinajstić information content (AvgIpc) is 2.98. The second-order valence-corrected chi connectivity index (χ2v) is 4.33. The van der Waals surface area contributed by atoms with Gasteiger partial charge in [0.15, 0.2) is 0 Å². The van der Waals surface area contributed by atoms with Gasteiger partial charge in [0.2, 0.25) is 5.91 Å². The van der Waals surface area contributed by atoms with E-state index in [4.69, 9.17) is 10.2 Å². The van der Waals surface area contributed by atoms with Gasteiger partial charge in [-0.3, -0.25) is 4.79 Å². The van der Waals surface area contributed by atoms with Gasteiger partial charge in [0.25, 0.3) is 0 Å². The van der Waals surface area contributed by atoms with Gasteiger partial charge in [-0.2, -0.15) is 0 Å². The Bertz CT molecular complexity index is 239. The monoisotopic (exact) mass is 214 g/mol. The minimum Gasteiger partial charge on any atom is -0.394 e. The van der Waals surface area contributed by atoms with Crippen molar-refractivity contribution in [1.82, 2.24) is 10.2 Å². The molecule has 0 aromatic carbocycles. The number of hydrogen-bond donors (Lipinski definition) is 3. The number of likely N-dealkylation sites (tertiary alicyclic amines) is 1. The molecule has 1 amide bonds. The highest BCUT2D eigenvalue weighted by atomic mass is 16.3. The maximum atomic E-state index is 11.9. The van der Waals surface area contributed by atoms with Gasteiger partial charge in [0, 0.05) is 12.6 Å². The Hall–Kier alpha value is -0.650. The lowest BCUT2D eigenvalue weighted by Gasteiger charge is -2.24. The van der Waals surface area contributed by atoms with Crippen LogP contribution >= 0.6 is 0 Å². The van der Waals surface area contributed by atoms with Crippen LogP contribution in [0, 0.1) is 0 Å². The first-order valence-corrected chi connectivity index (χ1v) is 5.54. The van der Waals surface area contributed by atoms with Crippen molar-refractivity contribution in [2.45, 2.75) is 37.4 Å². The molecule has 1 aliphatic carbocycles. The molecule has 0 bridgehead atoms. The van der Waals surface area contributed by atoms with E-state index in [-0.39, 0.29) is 25.2 Å². The quantitative estimate of drug-likeness (QED) is 0.531. The molecule has 2 fully saturated rings. The van der Waals surface area contributed by atoms with Crippen molar-refractivity contribution in [2.75, 3.05) is 19.8 Å². The first-order chi connectivity index (χ1) is 7.26. The number of aliphatic hydroxyl groups excluding tert-OH is 2. The van der Waals surface area contributed by atoms with Gasteiger partial charge in [-0.1, -0.05) is 0 Å². The molecule has 1 saturated carbocycles. The Morgan fingerprint density at radius 2 is 2.00 bits per heavy atom. The second-order valence-electron chi connectivity index (χ2n) is 4.33. The molecule has 0 spiro atoms. The van der Waals surface area contributed by atoms with Crippen molar-refractivity contribution in [2.24, 2.45) is 0 Å². The summed E-state index contributed by atoms with van der Waals surface area (Å²) in [5.41, 5.74) is 0. The summed E-state index contributed by atoms with van der Waals surface area (Å²) in [6.45, 7) is 0.297. The summed E-state index contributed by atoms with van der Waals surface area (Å²) in [7, 11) is 0. The molecule has 15 heavy (non-hydrogen) atoms. The lowest BCUT2D eigenvalue weighted by molar-refractivity contribution is -0.133. The van der Waals surface area contributed by atoms with Crippen LogP contribution in [-0.2, 0) is 4.79 Å². The third-order valence-corrected chi connectivity index (χ3v) is 3.12. The van der Waals surface area contributed by atoms with Crippen molar-refractivity contribution < 1.29 is 15.0 Å². The highest BCUT2D eigenvalue weighted by molar-refractivity contribution is 5.84. The molecule has 3 N–H and O–H groups in total. The van der Waals surface area contributed by atoms with Crippen LogP contribution in [0.3, 0.4) is 0 Å². The van der Waals surface area contributed by atoms with E-state index in [1.165, 1.54) is 0 Å². The summed E-state index contributed by atoms with van der Waals surface area (Å²) in [6, 6.07) is -0.0118. The number of hydrogen-bond acceptors (Lipinski definition) is 4. The van der Waals surface area contributed by atoms with Gasteiger partial charge in [0.05, 0.1) is 25.3 Å². The molecule has 5 heteroatoms. The van der Waals surface area contributed by atoms with Crippen molar-refractivity contribution in [3.8, 4) is 0 Å². The van der Waals surface area contributed by atoms with Crippen LogP contribution in [0.5, 0.6) is 0 Å². The van der Waals surface area contributed by atoms with E-state index >= 15 is 0 Å². The van der Waals surface area contributed by atoms with Crippen molar-refractivity contribution in [1.29, 1.82) is 0 Å². The van der Waals surface area contributed by atoms with E-state index < -0.39 is 6.04 Å². The molecular formula is C10H18N2O3. The van der Waals surface area contributed by atoms with E-state index in [0.29, 0.717) is 12.6 Å². The normalized spacial score (nSPS) is 26.7. The van der Waals surface area contributed by atoms with Crippen LogP contribution in [0.1, 0.15) is 19.3 Å². The zero-order chi connectivity index (χ0) is 10.8. The SMILES string of the molecule is O=C1C(NC2CC2)CCN1C(CO)CO. The Balaban J connectivity index is 1.89. The summed E-state index contributed by atoms with van der Waals surface area (Å²) < 4.78 is 0. The minimum atomic E-state index is -0.427. The van der Waals surface area contributed by atoms with Gasteiger partial charge >= 0.3 is 0 Å². The van der Waals surface area contributed by atoms with Crippen LogP contribution in [0.15, 0.2) is 0 Å². The topological polar surface area (TPSA) is 72.8 Å². The number of carbonyl (C=O) groups is 1. The molecule has 2 rings (SSSR count). The summed E-state index contributed by atoms with van der Waals surface area (Å²) in [5.74, 6) is 0.0231. The average molecular weight is 214 g/mol. The first kappa shape index (κ1) is 10.9. The molecular weight excluding hydrogens is 196 g/mol. The van der Waals surface area contributed by atoms with E-state index in [9.17, 15) is 4.79 Å². The molecule has 0 aromatic heterocycles. The zero-order valence-electron chi connectivity index (χ0n) is 8.72. The molecule has 0 aromatic rings. The Morgan fingerprint density at radius 3 is 2.53 bits per heavy atom. The smallest absolute Gasteiger partial charge is 0.240 e. The Labute approximate surface area is 89.1 Å². The van der Waals surface area contributed by atoms with Gasteiger partial charge in [-0.05, 0) is 19.3 Å². The number of carbonyl (C=O) groups excluding carboxylic acids is 1. The molecule has 1 heterocycles. The molecule has 0 radical (unpaired) electrons. The largest absolute Gasteiger partial charge is 0.394 e. The predicted molar refractivity (Wildman–Crippen MR) is 54.2 cm³/mol. The fraction of sp³-hybridized carbons (Fsp3) is 0.900. The number of aliphatic hydroxyl groups is 2. The van der Waals surface area contributed by atoms with Gasteiger partial charge in [0.1, 0.15) is 0 Å². The molecule has 1 atom stereocenters. The van der Waals surface area contributed by atoms with E-state index in [1.54, 1.807) is 4.90 Å². The summed E-state index contributed by atoms with van der Waals surface area (Å²) >= 11 is 0. The molecule has 2 aliphatic rings. The zero-order valence-corrected chi connectivity index (χ0v) is 8.72. The van der Waals surface area contributed by atoms with Crippen LogP contribution in [0.2, 0.25) is 0 Å². The summed E-state index contributed by atoms with van der Waals surface area (Å²) in [4.78, 5) is 13.5. The third kappa shape index (κ3) is 2.30. The predicted octanol–water partition coefficient (Wildman–Crippen LogP) is -1.31. The lowest BCUT2D eigenvalue weighted by Crippen LogP contribution is -2.46. The van der Waals surface area contributed by atoms with E-state index in [1.807, 2.05) is 0 Å². The van der Waals surface area contributed by atoms with E-state index in [2.05, 4.69) is 5.32 Å². The first-order valence-electron chi connectivity index (χ1n) is 5.54. The number of amides is 1. The van der Waals surface area contributed by atoms with Crippen LogP contribution < -0.4 is 5.32 Å². The fourth-order valence-corrected chi connectivity index (χ4v) is 2.01. The van der Waals surface area contributed by atoms with Crippen molar-refractivity contribution >= 4 is 5.91 Å². The van der Waals surface area contributed by atoms with Gasteiger partial charge < -0.3 is 20.4 Å². The highest BCUT2D eigenvalue weighted by Crippen LogP contribution is 2.23. The Kier molecular flexibility index (Phi) is 3.23. The van der Waals surface area contributed by atoms with Gasteiger partial charge in [-0.15, -0.1) is 0 Å². The lowest BCUT2D eigenvalue weighted by atomic mass is 10.2. The molecule has 1 aliphatic heterocycles. The van der Waals surface area contributed by atoms with E-state index in [0.717, 1.165) is 19.3 Å². The highest BCUT2D eigenvalue weighted by Gasteiger charge is 2.38. The minimum absolute atomic E-state index is 0.0231. The number of nitrogens with one attached hydrogen (secondary N) is 1. The van der Waals surface area contributed by atoms with Crippen molar-refractivity contribution in [3.05, 3.63) is 0 Å². The van der Waals surface area contributed by atoms with Crippen LogP contribution in [0.25, 0.3) is 0 Å². The van der Waals surface area contributed by atoms with Crippen molar-refractivity contribution in [3.63, 3.8) is 0 Å². The van der Waals surface area contributed by atoms with Crippen LogP contribution in [-0.4, -0.2) is 58.9 Å². The molecule has 86 valence electrons. The summed E-state index contributed by atoms with van der Waals surface area (Å²) in [6.07, 6.45) is 3.10. The molecule has 1 unspecified atom stereocenters. The maximum Gasteiger partial charge on any atom is 0.240 e. The Morgan fingerprint density at radius 1 is 1.33 bits per heavy atom. The number of rotatable bonds is 5.